The first-order valence-electron chi connectivity index (χ1n) is 6.79. The largest absolute Gasteiger partial charge is 0.435 e. The van der Waals surface area contributed by atoms with Crippen molar-refractivity contribution in [2.45, 2.75) is 33.4 Å². The average Bonchev–Trinajstić information content (AvgIpc) is 2.85. The molecule has 0 aliphatic carbocycles. The number of benzene rings is 1. The molecule has 0 atom stereocenters. The number of nitrogens with zero attached hydrogens (tertiary/aromatic N) is 2. The number of anilines is 1. The first-order valence-corrected chi connectivity index (χ1v) is 6.79. The molecule has 5 nitrogen and oxygen atoms in total. The molecule has 2 aromatic rings. The van der Waals surface area contributed by atoms with Gasteiger partial charge in [-0.2, -0.15) is 13.9 Å². The zero-order valence-electron chi connectivity index (χ0n) is 12.3. The van der Waals surface area contributed by atoms with Crippen LogP contribution in [-0.2, 0) is 11.3 Å². The maximum absolute atomic E-state index is 12.1. The molecule has 0 fully saturated rings. The topological polar surface area (TPSA) is 56.2 Å². The maximum Gasteiger partial charge on any atom is 0.387 e. The Balaban J connectivity index is 1.90. The van der Waals surface area contributed by atoms with Gasteiger partial charge < -0.3 is 10.1 Å². The summed E-state index contributed by atoms with van der Waals surface area (Å²) in [6.07, 6.45) is 2.08. The van der Waals surface area contributed by atoms with Gasteiger partial charge in [0.25, 0.3) is 0 Å². The van der Waals surface area contributed by atoms with Gasteiger partial charge in [0.05, 0.1) is 5.69 Å². The van der Waals surface area contributed by atoms with E-state index in [1.807, 2.05) is 19.2 Å². The fourth-order valence-corrected chi connectivity index (χ4v) is 1.97. The number of carbonyl (C=O) groups is 1. The maximum atomic E-state index is 12.1. The summed E-state index contributed by atoms with van der Waals surface area (Å²) in [4.78, 5) is 11.9. The Morgan fingerprint density at radius 3 is 2.73 bits per heavy atom. The molecule has 1 N–H and O–H groups in total. The fourth-order valence-electron chi connectivity index (χ4n) is 1.97. The SMILES string of the molecule is Cc1ccn(CCC(=O)Nc2ccc(OC(F)F)cc2C)n1. The van der Waals surface area contributed by atoms with Crippen LogP contribution in [0.4, 0.5) is 14.5 Å². The van der Waals surface area contributed by atoms with Crippen LogP contribution < -0.4 is 10.1 Å². The lowest BCUT2D eigenvalue weighted by molar-refractivity contribution is -0.116. The van der Waals surface area contributed by atoms with Gasteiger partial charge in [0, 0.05) is 24.8 Å². The molecular weight excluding hydrogens is 292 g/mol. The molecule has 7 heteroatoms. The van der Waals surface area contributed by atoms with Crippen molar-refractivity contribution in [3.8, 4) is 5.75 Å². The predicted molar refractivity (Wildman–Crippen MR) is 78.0 cm³/mol. The third-order valence-corrected chi connectivity index (χ3v) is 3.04. The monoisotopic (exact) mass is 309 g/mol. The normalized spacial score (nSPS) is 10.8. The van der Waals surface area contributed by atoms with Crippen molar-refractivity contribution in [2.75, 3.05) is 5.32 Å². The molecule has 1 heterocycles. The Bertz CT molecular complexity index is 656. The standard InChI is InChI=1S/C15H17F2N3O2/c1-10-9-12(22-15(16)17)3-4-13(10)18-14(21)6-8-20-7-5-11(2)19-20/h3-5,7,9,15H,6,8H2,1-2H3,(H,18,21). The first-order chi connectivity index (χ1) is 10.4. The first kappa shape index (κ1) is 15.9. The van der Waals surface area contributed by atoms with Crippen molar-refractivity contribution in [1.82, 2.24) is 9.78 Å². The van der Waals surface area contributed by atoms with Crippen molar-refractivity contribution >= 4 is 11.6 Å². The number of halogens is 2. The molecule has 1 aromatic heterocycles. The second-order valence-electron chi connectivity index (χ2n) is 4.87. The Kier molecular flexibility index (Phi) is 5.08. The van der Waals surface area contributed by atoms with Crippen LogP contribution in [0.1, 0.15) is 17.7 Å². The molecule has 0 bridgehead atoms. The minimum atomic E-state index is -2.86. The highest BCUT2D eigenvalue weighted by Crippen LogP contribution is 2.22. The Morgan fingerprint density at radius 2 is 2.14 bits per heavy atom. The summed E-state index contributed by atoms with van der Waals surface area (Å²) < 4.78 is 30.3. The van der Waals surface area contributed by atoms with Gasteiger partial charge in [-0.25, -0.2) is 0 Å². The summed E-state index contributed by atoms with van der Waals surface area (Å²) in [6.45, 7) is 1.20. The van der Waals surface area contributed by atoms with Gasteiger partial charge in [0.2, 0.25) is 5.91 Å². The molecule has 1 aromatic carbocycles. The highest BCUT2D eigenvalue weighted by Gasteiger charge is 2.09. The van der Waals surface area contributed by atoms with Gasteiger partial charge in [-0.1, -0.05) is 0 Å². The predicted octanol–water partition coefficient (Wildman–Crippen LogP) is 3.13. The van der Waals surface area contributed by atoms with Crippen molar-refractivity contribution < 1.29 is 18.3 Å². The van der Waals surface area contributed by atoms with E-state index in [2.05, 4.69) is 15.2 Å². The molecular formula is C15H17F2N3O2. The lowest BCUT2D eigenvalue weighted by atomic mass is 10.2. The zero-order chi connectivity index (χ0) is 16.1. The summed E-state index contributed by atoms with van der Waals surface area (Å²) in [7, 11) is 0. The molecule has 0 saturated heterocycles. The van der Waals surface area contributed by atoms with Crippen LogP contribution in [0.5, 0.6) is 5.75 Å². The van der Waals surface area contributed by atoms with E-state index in [0.29, 0.717) is 17.8 Å². The minimum Gasteiger partial charge on any atom is -0.435 e. The van der Waals surface area contributed by atoms with E-state index in [0.717, 1.165) is 5.69 Å². The molecule has 0 radical (unpaired) electrons. The molecule has 0 spiro atoms. The quantitative estimate of drug-likeness (QED) is 0.892. The minimum absolute atomic E-state index is 0.0671. The molecule has 118 valence electrons. The van der Waals surface area contributed by atoms with Gasteiger partial charge >= 0.3 is 6.61 Å². The van der Waals surface area contributed by atoms with E-state index >= 15 is 0 Å². The molecule has 0 saturated carbocycles. The zero-order valence-corrected chi connectivity index (χ0v) is 12.3. The van der Waals surface area contributed by atoms with Crippen molar-refractivity contribution in [1.29, 1.82) is 0 Å². The molecule has 1 amide bonds. The number of nitrogens with one attached hydrogen (secondary N) is 1. The lowest BCUT2D eigenvalue weighted by Gasteiger charge is -2.11. The second kappa shape index (κ2) is 7.02. The van der Waals surface area contributed by atoms with Crippen molar-refractivity contribution in [2.24, 2.45) is 0 Å². The number of alkyl halides is 2. The van der Waals surface area contributed by atoms with Gasteiger partial charge in [0.15, 0.2) is 0 Å². The third-order valence-electron chi connectivity index (χ3n) is 3.04. The van der Waals surface area contributed by atoms with Gasteiger partial charge in [-0.15, -0.1) is 0 Å². The van der Waals surface area contributed by atoms with Crippen LogP contribution in [0.2, 0.25) is 0 Å². The van der Waals surface area contributed by atoms with Crippen LogP contribution >= 0.6 is 0 Å². The van der Waals surface area contributed by atoms with Crippen LogP contribution in [0, 0.1) is 13.8 Å². The number of hydrogen-bond donors (Lipinski definition) is 1. The molecule has 0 aliphatic rings. The summed E-state index contributed by atoms with van der Waals surface area (Å²) in [5, 5.41) is 6.94. The van der Waals surface area contributed by atoms with E-state index in [1.165, 1.54) is 12.1 Å². The Labute approximate surface area is 126 Å². The number of rotatable bonds is 6. The number of ether oxygens (including phenoxy) is 1. The van der Waals surface area contributed by atoms with E-state index in [4.69, 9.17) is 0 Å². The van der Waals surface area contributed by atoms with Crippen molar-refractivity contribution in [3.05, 3.63) is 41.7 Å². The summed E-state index contributed by atoms with van der Waals surface area (Å²) in [5.74, 6) is -0.101. The van der Waals surface area contributed by atoms with Crippen LogP contribution in [0.15, 0.2) is 30.5 Å². The van der Waals surface area contributed by atoms with E-state index in [9.17, 15) is 13.6 Å². The highest BCUT2D eigenvalue weighted by molar-refractivity contribution is 5.91. The number of amides is 1. The average molecular weight is 309 g/mol. The highest BCUT2D eigenvalue weighted by atomic mass is 19.3. The van der Waals surface area contributed by atoms with Crippen molar-refractivity contribution in [3.63, 3.8) is 0 Å². The smallest absolute Gasteiger partial charge is 0.387 e. The number of aryl methyl sites for hydroxylation is 3. The Morgan fingerprint density at radius 1 is 1.36 bits per heavy atom. The van der Waals surface area contributed by atoms with E-state index in [-0.39, 0.29) is 18.1 Å². The summed E-state index contributed by atoms with van der Waals surface area (Å²) in [5.41, 5.74) is 2.12. The van der Waals surface area contributed by atoms with Crippen LogP contribution in [0.3, 0.4) is 0 Å². The Hall–Kier alpha value is -2.44. The summed E-state index contributed by atoms with van der Waals surface area (Å²) >= 11 is 0. The van der Waals surface area contributed by atoms with Crippen LogP contribution in [-0.4, -0.2) is 22.3 Å². The molecule has 0 aliphatic heterocycles. The van der Waals surface area contributed by atoms with E-state index in [1.54, 1.807) is 17.7 Å². The molecule has 0 unspecified atom stereocenters. The van der Waals surface area contributed by atoms with Gasteiger partial charge in [0.1, 0.15) is 5.75 Å². The third kappa shape index (κ3) is 4.54. The second-order valence-corrected chi connectivity index (χ2v) is 4.87. The number of carbonyl (C=O) groups excluding carboxylic acids is 1. The molecule has 22 heavy (non-hydrogen) atoms. The summed E-state index contributed by atoms with van der Waals surface area (Å²) in [6, 6.07) is 6.26. The van der Waals surface area contributed by atoms with Crippen LogP contribution in [0.25, 0.3) is 0 Å². The lowest BCUT2D eigenvalue weighted by Crippen LogP contribution is -2.15. The fraction of sp³-hybridized carbons (Fsp3) is 0.333. The van der Waals surface area contributed by atoms with E-state index < -0.39 is 6.61 Å². The number of hydrogen-bond acceptors (Lipinski definition) is 3. The number of aromatic nitrogens is 2. The van der Waals surface area contributed by atoms with Gasteiger partial charge in [-0.3, -0.25) is 9.48 Å². The van der Waals surface area contributed by atoms with Gasteiger partial charge in [-0.05, 0) is 43.7 Å². The molecule has 2 rings (SSSR count).